The first kappa shape index (κ1) is 8.13. The lowest BCUT2D eigenvalue weighted by Crippen LogP contribution is -1.92. The molecule has 0 aromatic heterocycles. The van der Waals surface area contributed by atoms with Crippen molar-refractivity contribution in [1.82, 2.24) is 0 Å². The summed E-state index contributed by atoms with van der Waals surface area (Å²) in [6.45, 7) is 0.344. The molecule has 0 unspecified atom stereocenters. The Morgan fingerprint density at radius 3 is 3.00 bits per heavy atom. The van der Waals surface area contributed by atoms with Gasteiger partial charge in [0.25, 0.3) is 0 Å². The molecular weight excluding hydrogens is 168 g/mol. The van der Waals surface area contributed by atoms with Gasteiger partial charge < -0.3 is 14.6 Å². The van der Waals surface area contributed by atoms with Crippen LogP contribution in [0, 0.1) is 0 Å². The predicted molar refractivity (Wildman–Crippen MR) is 48.7 cm³/mol. The van der Waals surface area contributed by atoms with E-state index < -0.39 is 0 Å². The first-order chi connectivity index (χ1) is 6.40. The van der Waals surface area contributed by atoms with Gasteiger partial charge >= 0.3 is 0 Å². The van der Waals surface area contributed by atoms with Gasteiger partial charge in [-0.3, -0.25) is 0 Å². The molecule has 1 N–H and O–H groups in total. The highest BCUT2D eigenvalue weighted by atomic mass is 16.7. The molecule has 1 aromatic rings. The maximum Gasteiger partial charge on any atom is 0.231 e. The summed E-state index contributed by atoms with van der Waals surface area (Å²) < 4.78 is 10.4. The number of benzene rings is 1. The third-order valence-electron chi connectivity index (χ3n) is 1.81. The highest BCUT2D eigenvalue weighted by Crippen LogP contribution is 2.32. The molecule has 0 aliphatic carbocycles. The van der Waals surface area contributed by atoms with Crippen LogP contribution < -0.4 is 9.47 Å². The zero-order valence-electron chi connectivity index (χ0n) is 7.06. The maximum atomic E-state index is 8.58. The molecule has 68 valence electrons. The molecule has 0 fully saturated rings. The second kappa shape index (κ2) is 3.49. The topological polar surface area (TPSA) is 38.7 Å². The molecule has 1 aromatic carbocycles. The molecule has 0 atom stereocenters. The maximum absolute atomic E-state index is 8.58. The summed E-state index contributed by atoms with van der Waals surface area (Å²) >= 11 is 0. The highest BCUT2D eigenvalue weighted by Gasteiger charge is 2.11. The first-order valence-corrected chi connectivity index (χ1v) is 4.07. The van der Waals surface area contributed by atoms with Gasteiger partial charge in [0.05, 0.1) is 6.61 Å². The fourth-order valence-corrected chi connectivity index (χ4v) is 1.21. The van der Waals surface area contributed by atoms with Crippen molar-refractivity contribution in [1.29, 1.82) is 0 Å². The first-order valence-electron chi connectivity index (χ1n) is 4.07. The largest absolute Gasteiger partial charge is 0.454 e. The Morgan fingerprint density at radius 2 is 2.15 bits per heavy atom. The third kappa shape index (κ3) is 1.65. The zero-order chi connectivity index (χ0) is 9.10. The standard InChI is InChI=1S/C10H10O3/c11-5-1-2-8-3-4-9-10(6-8)13-7-12-9/h1-4,6,11H,5,7H2/b2-1-. The fraction of sp³-hybridized carbons (Fsp3) is 0.200. The van der Waals surface area contributed by atoms with Crippen molar-refractivity contribution >= 4 is 6.08 Å². The molecule has 0 spiro atoms. The molecule has 0 saturated heterocycles. The molecular formula is C10H10O3. The Labute approximate surface area is 76.2 Å². The molecule has 3 heteroatoms. The SMILES string of the molecule is OC/C=C\c1ccc2c(c1)OCO2. The molecule has 1 aliphatic rings. The van der Waals surface area contributed by atoms with E-state index in [1.54, 1.807) is 6.08 Å². The van der Waals surface area contributed by atoms with Crippen LogP contribution in [-0.2, 0) is 0 Å². The summed E-state index contributed by atoms with van der Waals surface area (Å²) in [6.07, 6.45) is 3.51. The number of aliphatic hydroxyl groups excluding tert-OH is 1. The van der Waals surface area contributed by atoms with Gasteiger partial charge in [-0.15, -0.1) is 0 Å². The number of ether oxygens (including phenoxy) is 2. The average Bonchev–Trinajstić information content (AvgIpc) is 2.61. The van der Waals surface area contributed by atoms with E-state index in [2.05, 4.69) is 0 Å². The zero-order valence-corrected chi connectivity index (χ0v) is 7.06. The molecule has 2 rings (SSSR count). The number of hydrogen-bond acceptors (Lipinski definition) is 3. The second-order valence-electron chi connectivity index (χ2n) is 2.70. The predicted octanol–water partition coefficient (Wildman–Crippen LogP) is 1.42. The van der Waals surface area contributed by atoms with Crippen LogP contribution in [0.3, 0.4) is 0 Å². The van der Waals surface area contributed by atoms with Crippen LogP contribution in [0.2, 0.25) is 0 Å². The molecule has 0 radical (unpaired) electrons. The van der Waals surface area contributed by atoms with Gasteiger partial charge in [0, 0.05) is 0 Å². The molecule has 1 heterocycles. The summed E-state index contributed by atoms with van der Waals surface area (Å²) in [6, 6.07) is 5.66. The normalized spacial score (nSPS) is 13.9. The Bertz CT molecular complexity index is 331. The van der Waals surface area contributed by atoms with E-state index in [1.807, 2.05) is 24.3 Å². The molecule has 0 saturated carbocycles. The van der Waals surface area contributed by atoms with Crippen LogP contribution in [0.1, 0.15) is 5.56 Å². The van der Waals surface area contributed by atoms with Gasteiger partial charge in [-0.05, 0) is 17.7 Å². The van der Waals surface area contributed by atoms with Gasteiger partial charge in [0.1, 0.15) is 0 Å². The van der Waals surface area contributed by atoms with Crippen LogP contribution >= 0.6 is 0 Å². The van der Waals surface area contributed by atoms with Gasteiger partial charge in [0.15, 0.2) is 11.5 Å². The van der Waals surface area contributed by atoms with E-state index in [4.69, 9.17) is 14.6 Å². The number of rotatable bonds is 2. The van der Waals surface area contributed by atoms with Crippen molar-refractivity contribution in [3.63, 3.8) is 0 Å². The third-order valence-corrected chi connectivity index (χ3v) is 1.81. The summed E-state index contributed by atoms with van der Waals surface area (Å²) in [5, 5.41) is 8.58. The number of aliphatic hydroxyl groups is 1. The molecule has 3 nitrogen and oxygen atoms in total. The number of hydrogen-bond donors (Lipinski definition) is 1. The van der Waals surface area contributed by atoms with Crippen LogP contribution in [0.5, 0.6) is 11.5 Å². The van der Waals surface area contributed by atoms with Crippen molar-refractivity contribution in [2.24, 2.45) is 0 Å². The van der Waals surface area contributed by atoms with E-state index in [9.17, 15) is 0 Å². The minimum Gasteiger partial charge on any atom is -0.454 e. The molecule has 13 heavy (non-hydrogen) atoms. The van der Waals surface area contributed by atoms with E-state index in [-0.39, 0.29) is 6.61 Å². The highest BCUT2D eigenvalue weighted by molar-refractivity contribution is 5.56. The van der Waals surface area contributed by atoms with E-state index in [0.717, 1.165) is 17.1 Å². The van der Waals surface area contributed by atoms with E-state index in [1.165, 1.54) is 0 Å². The van der Waals surface area contributed by atoms with E-state index in [0.29, 0.717) is 6.79 Å². The minimum absolute atomic E-state index is 0.0500. The van der Waals surface area contributed by atoms with Crippen molar-refractivity contribution in [2.75, 3.05) is 13.4 Å². The van der Waals surface area contributed by atoms with Crippen LogP contribution in [-0.4, -0.2) is 18.5 Å². The lowest BCUT2D eigenvalue weighted by atomic mass is 10.2. The Kier molecular flexibility index (Phi) is 2.19. The van der Waals surface area contributed by atoms with Gasteiger partial charge in [-0.2, -0.15) is 0 Å². The fourth-order valence-electron chi connectivity index (χ4n) is 1.21. The lowest BCUT2D eigenvalue weighted by molar-refractivity contribution is 0.174. The minimum atomic E-state index is 0.0500. The van der Waals surface area contributed by atoms with Gasteiger partial charge in [0.2, 0.25) is 6.79 Å². The Hall–Kier alpha value is -1.48. The molecule has 1 aliphatic heterocycles. The van der Waals surface area contributed by atoms with Crippen LogP contribution in [0.15, 0.2) is 24.3 Å². The monoisotopic (exact) mass is 178 g/mol. The summed E-state index contributed by atoms with van der Waals surface area (Å²) in [5.74, 6) is 1.54. The molecule has 0 bridgehead atoms. The quantitative estimate of drug-likeness (QED) is 0.744. The molecule has 0 amide bonds. The summed E-state index contributed by atoms with van der Waals surface area (Å²) in [4.78, 5) is 0. The second-order valence-corrected chi connectivity index (χ2v) is 2.70. The smallest absolute Gasteiger partial charge is 0.231 e. The van der Waals surface area contributed by atoms with E-state index >= 15 is 0 Å². The lowest BCUT2D eigenvalue weighted by Gasteiger charge is -1.96. The van der Waals surface area contributed by atoms with Gasteiger partial charge in [-0.1, -0.05) is 18.2 Å². The summed E-state index contributed by atoms with van der Waals surface area (Å²) in [5.41, 5.74) is 0.998. The average molecular weight is 178 g/mol. The van der Waals surface area contributed by atoms with Crippen molar-refractivity contribution in [3.05, 3.63) is 29.8 Å². The Morgan fingerprint density at radius 1 is 1.31 bits per heavy atom. The van der Waals surface area contributed by atoms with Crippen LogP contribution in [0.25, 0.3) is 6.08 Å². The number of fused-ring (bicyclic) bond motifs is 1. The van der Waals surface area contributed by atoms with Crippen LogP contribution in [0.4, 0.5) is 0 Å². The van der Waals surface area contributed by atoms with Crippen molar-refractivity contribution in [3.8, 4) is 11.5 Å². The van der Waals surface area contributed by atoms with Gasteiger partial charge in [-0.25, -0.2) is 0 Å². The van der Waals surface area contributed by atoms with Crippen molar-refractivity contribution in [2.45, 2.75) is 0 Å². The summed E-state index contributed by atoms with van der Waals surface area (Å²) in [7, 11) is 0. The Balaban J connectivity index is 2.25. The van der Waals surface area contributed by atoms with Crippen molar-refractivity contribution < 1.29 is 14.6 Å².